The standard InChI is InChI=1S/C26H35Cl2N3O4S/c1-5-19(3)29-26(33)24(6-2)30(18-20-11-7-8-14-23(20)28)25(32)15-10-16-31(36(4,34)35)22-13-9-12-21(27)17-22/h7-9,11-14,17,19,24H,5-6,10,15-16,18H2,1-4H3,(H,29,33). The normalized spacial score (nSPS) is 13.1. The number of amides is 2. The molecule has 0 saturated heterocycles. The molecule has 2 aromatic rings. The minimum Gasteiger partial charge on any atom is -0.352 e. The molecule has 7 nitrogen and oxygen atoms in total. The molecule has 0 aliphatic carbocycles. The van der Waals surface area contributed by atoms with E-state index in [1.807, 2.05) is 32.9 Å². The lowest BCUT2D eigenvalue weighted by Crippen LogP contribution is -2.50. The minimum absolute atomic E-state index is 0.0233. The molecule has 2 rings (SSSR count). The van der Waals surface area contributed by atoms with E-state index in [0.717, 1.165) is 18.2 Å². The Kier molecular flexibility index (Phi) is 11.5. The lowest BCUT2D eigenvalue weighted by molar-refractivity contribution is -0.141. The molecule has 2 amide bonds. The minimum atomic E-state index is -3.59. The second kappa shape index (κ2) is 13.9. The Labute approximate surface area is 224 Å². The summed E-state index contributed by atoms with van der Waals surface area (Å²) in [6.45, 7) is 6.03. The summed E-state index contributed by atoms with van der Waals surface area (Å²) in [5, 5.41) is 3.90. The van der Waals surface area contributed by atoms with Gasteiger partial charge in [0.15, 0.2) is 0 Å². The number of hydrogen-bond acceptors (Lipinski definition) is 4. The summed E-state index contributed by atoms with van der Waals surface area (Å²) < 4.78 is 26.1. The molecule has 0 bridgehead atoms. The highest BCUT2D eigenvalue weighted by atomic mass is 35.5. The number of halogens is 2. The van der Waals surface area contributed by atoms with Gasteiger partial charge in [-0.3, -0.25) is 13.9 Å². The fraction of sp³-hybridized carbons (Fsp3) is 0.462. The molecule has 36 heavy (non-hydrogen) atoms. The Bertz CT molecular complexity index is 1140. The van der Waals surface area contributed by atoms with Gasteiger partial charge in [0.05, 0.1) is 11.9 Å². The molecule has 0 radical (unpaired) electrons. The molecule has 0 heterocycles. The molecule has 2 unspecified atom stereocenters. The lowest BCUT2D eigenvalue weighted by Gasteiger charge is -2.32. The van der Waals surface area contributed by atoms with E-state index in [1.165, 1.54) is 4.31 Å². The third kappa shape index (κ3) is 8.68. The second-order valence-electron chi connectivity index (χ2n) is 8.77. The van der Waals surface area contributed by atoms with Gasteiger partial charge in [0.2, 0.25) is 21.8 Å². The molecule has 0 fully saturated rings. The number of carbonyl (C=O) groups excluding carboxylic acids is 2. The Balaban J connectivity index is 2.24. The van der Waals surface area contributed by atoms with E-state index in [-0.39, 0.29) is 43.8 Å². The van der Waals surface area contributed by atoms with Crippen LogP contribution in [0.5, 0.6) is 0 Å². The number of carbonyl (C=O) groups is 2. The number of nitrogens with zero attached hydrogens (tertiary/aromatic N) is 2. The van der Waals surface area contributed by atoms with Crippen molar-refractivity contribution < 1.29 is 18.0 Å². The van der Waals surface area contributed by atoms with Crippen LogP contribution in [-0.2, 0) is 26.2 Å². The van der Waals surface area contributed by atoms with E-state index in [2.05, 4.69) is 5.32 Å². The monoisotopic (exact) mass is 555 g/mol. The molecule has 2 aromatic carbocycles. The van der Waals surface area contributed by atoms with Crippen molar-refractivity contribution >= 4 is 50.7 Å². The summed E-state index contributed by atoms with van der Waals surface area (Å²) in [6, 6.07) is 13.1. The van der Waals surface area contributed by atoms with Crippen molar-refractivity contribution in [3.63, 3.8) is 0 Å². The van der Waals surface area contributed by atoms with Gasteiger partial charge in [-0.2, -0.15) is 0 Å². The van der Waals surface area contributed by atoms with Gasteiger partial charge in [-0.1, -0.05) is 61.3 Å². The molecule has 0 spiro atoms. The van der Waals surface area contributed by atoms with E-state index < -0.39 is 16.1 Å². The first-order valence-corrected chi connectivity index (χ1v) is 14.6. The van der Waals surface area contributed by atoms with Crippen LogP contribution in [0, 0.1) is 0 Å². The van der Waals surface area contributed by atoms with Crippen LogP contribution in [0.3, 0.4) is 0 Å². The summed E-state index contributed by atoms with van der Waals surface area (Å²) in [5.74, 6) is -0.468. The van der Waals surface area contributed by atoms with Crippen LogP contribution in [0.4, 0.5) is 5.69 Å². The van der Waals surface area contributed by atoms with Crippen LogP contribution in [0.25, 0.3) is 0 Å². The number of hydrogen-bond donors (Lipinski definition) is 1. The summed E-state index contributed by atoms with van der Waals surface area (Å²) >= 11 is 12.4. The molecule has 2 atom stereocenters. The van der Waals surface area contributed by atoms with Gasteiger partial charge in [-0.25, -0.2) is 8.42 Å². The zero-order chi connectivity index (χ0) is 26.9. The quantitative estimate of drug-likeness (QED) is 0.365. The average molecular weight is 557 g/mol. The van der Waals surface area contributed by atoms with Crippen molar-refractivity contribution in [1.82, 2.24) is 10.2 Å². The Morgan fingerprint density at radius 2 is 1.72 bits per heavy atom. The van der Waals surface area contributed by atoms with Gasteiger partial charge in [-0.05, 0) is 56.0 Å². The zero-order valence-corrected chi connectivity index (χ0v) is 23.5. The van der Waals surface area contributed by atoms with Gasteiger partial charge in [0.1, 0.15) is 6.04 Å². The fourth-order valence-corrected chi connectivity index (χ4v) is 5.14. The topological polar surface area (TPSA) is 86.8 Å². The van der Waals surface area contributed by atoms with Crippen LogP contribution < -0.4 is 9.62 Å². The molecule has 198 valence electrons. The number of anilines is 1. The van der Waals surface area contributed by atoms with Crippen molar-refractivity contribution in [3.05, 3.63) is 64.1 Å². The Morgan fingerprint density at radius 1 is 1.03 bits per heavy atom. The highest BCUT2D eigenvalue weighted by Gasteiger charge is 2.29. The van der Waals surface area contributed by atoms with Crippen molar-refractivity contribution in [2.45, 2.75) is 65.1 Å². The lowest BCUT2D eigenvalue weighted by atomic mass is 10.1. The van der Waals surface area contributed by atoms with Crippen molar-refractivity contribution in [1.29, 1.82) is 0 Å². The summed E-state index contributed by atoms with van der Waals surface area (Å²) in [4.78, 5) is 28.1. The molecule has 0 aromatic heterocycles. The van der Waals surface area contributed by atoms with Crippen molar-refractivity contribution in [2.24, 2.45) is 0 Å². The Hall–Kier alpha value is -2.29. The largest absolute Gasteiger partial charge is 0.352 e. The first-order chi connectivity index (χ1) is 17.0. The first kappa shape index (κ1) is 29.9. The number of benzene rings is 2. The Morgan fingerprint density at radius 3 is 2.31 bits per heavy atom. The van der Waals surface area contributed by atoms with E-state index in [4.69, 9.17) is 23.2 Å². The van der Waals surface area contributed by atoms with E-state index in [0.29, 0.717) is 22.2 Å². The SMILES string of the molecule is CCC(C)NC(=O)C(CC)N(Cc1ccccc1Cl)C(=O)CCCN(c1cccc(Cl)c1)S(C)(=O)=O. The molecule has 10 heteroatoms. The van der Waals surface area contributed by atoms with Gasteiger partial charge < -0.3 is 10.2 Å². The molecular weight excluding hydrogens is 521 g/mol. The predicted octanol–water partition coefficient (Wildman–Crippen LogP) is 5.26. The second-order valence-corrected chi connectivity index (χ2v) is 11.5. The summed E-state index contributed by atoms with van der Waals surface area (Å²) in [6.07, 6.45) is 2.64. The van der Waals surface area contributed by atoms with Gasteiger partial charge >= 0.3 is 0 Å². The third-order valence-electron chi connectivity index (χ3n) is 5.93. The van der Waals surface area contributed by atoms with Crippen LogP contribution in [0.1, 0.15) is 52.0 Å². The summed E-state index contributed by atoms with van der Waals surface area (Å²) in [7, 11) is -3.59. The maximum atomic E-state index is 13.5. The first-order valence-electron chi connectivity index (χ1n) is 12.0. The molecule has 0 saturated carbocycles. The maximum Gasteiger partial charge on any atom is 0.243 e. The molecular formula is C26H35Cl2N3O4S. The highest BCUT2D eigenvalue weighted by Crippen LogP contribution is 2.24. The smallest absolute Gasteiger partial charge is 0.243 e. The van der Waals surface area contributed by atoms with Crippen LogP contribution in [-0.4, -0.2) is 50.0 Å². The van der Waals surface area contributed by atoms with Gasteiger partial charge in [0.25, 0.3) is 0 Å². The van der Waals surface area contributed by atoms with E-state index in [1.54, 1.807) is 41.3 Å². The van der Waals surface area contributed by atoms with E-state index >= 15 is 0 Å². The number of rotatable bonds is 13. The highest BCUT2D eigenvalue weighted by molar-refractivity contribution is 7.92. The summed E-state index contributed by atoms with van der Waals surface area (Å²) in [5.41, 5.74) is 1.17. The maximum absolute atomic E-state index is 13.5. The average Bonchev–Trinajstić information content (AvgIpc) is 2.81. The molecule has 0 aliphatic rings. The molecule has 0 aliphatic heterocycles. The predicted molar refractivity (Wildman–Crippen MR) is 147 cm³/mol. The van der Waals surface area contributed by atoms with Gasteiger partial charge in [0, 0.05) is 35.6 Å². The van der Waals surface area contributed by atoms with Crippen molar-refractivity contribution in [2.75, 3.05) is 17.1 Å². The number of sulfonamides is 1. The van der Waals surface area contributed by atoms with Gasteiger partial charge in [-0.15, -0.1) is 0 Å². The van der Waals surface area contributed by atoms with Crippen LogP contribution in [0.15, 0.2) is 48.5 Å². The van der Waals surface area contributed by atoms with Crippen LogP contribution >= 0.6 is 23.2 Å². The van der Waals surface area contributed by atoms with E-state index in [9.17, 15) is 18.0 Å². The van der Waals surface area contributed by atoms with Crippen LogP contribution in [0.2, 0.25) is 10.0 Å². The molecule has 1 N–H and O–H groups in total. The fourth-order valence-electron chi connectivity index (χ4n) is 3.81. The number of nitrogens with one attached hydrogen (secondary N) is 1. The van der Waals surface area contributed by atoms with Crippen molar-refractivity contribution in [3.8, 4) is 0 Å². The zero-order valence-electron chi connectivity index (χ0n) is 21.2. The third-order valence-corrected chi connectivity index (χ3v) is 7.73.